The summed E-state index contributed by atoms with van der Waals surface area (Å²) in [5.41, 5.74) is 0. The molecule has 0 atom stereocenters. The Hall–Kier alpha value is 1.24. The first-order chi connectivity index (χ1) is 6.77. The summed E-state index contributed by atoms with van der Waals surface area (Å²) < 4.78 is 1.11. The molecule has 0 unspecified atom stereocenters. The normalized spacial score (nSPS) is 16.9. The minimum absolute atomic E-state index is 0. The van der Waals surface area contributed by atoms with Gasteiger partial charge in [0, 0.05) is 18.3 Å². The van der Waals surface area contributed by atoms with E-state index in [0.717, 1.165) is 22.7 Å². The van der Waals surface area contributed by atoms with Crippen molar-refractivity contribution in [3.05, 3.63) is 0 Å². The fraction of sp³-hybridized carbons (Fsp3) is 0.909. The zero-order chi connectivity index (χ0) is 10.4. The Morgan fingerprint density at radius 3 is 2.20 bits per heavy atom. The van der Waals surface area contributed by atoms with Gasteiger partial charge in [0.2, 0.25) is 0 Å². The Labute approximate surface area is 126 Å². The summed E-state index contributed by atoms with van der Waals surface area (Å²) >= 11 is 7.38. The number of rotatable bonds is 3. The fourth-order valence-corrected chi connectivity index (χ4v) is 3.81. The quantitative estimate of drug-likeness (QED) is 0.564. The Kier molecular flexibility index (Phi) is 10.1. The van der Waals surface area contributed by atoms with Crippen LogP contribution >= 0.6 is 24.0 Å². The Morgan fingerprint density at radius 1 is 1.20 bits per heavy atom. The molecule has 0 saturated heterocycles. The van der Waals surface area contributed by atoms with Crippen LogP contribution in [0.1, 0.15) is 46.0 Å². The van der Waals surface area contributed by atoms with E-state index >= 15 is 0 Å². The van der Waals surface area contributed by atoms with Gasteiger partial charge in [0.25, 0.3) is 0 Å². The van der Waals surface area contributed by atoms with Gasteiger partial charge in [-0.05, 0) is 26.7 Å². The van der Waals surface area contributed by atoms with E-state index in [-0.39, 0.29) is 29.6 Å². The molecule has 0 aromatic rings. The van der Waals surface area contributed by atoms with Crippen molar-refractivity contribution in [2.75, 3.05) is 13.1 Å². The molecular formula is C11H22NNaS2. The molecule has 0 aromatic carbocycles. The van der Waals surface area contributed by atoms with Gasteiger partial charge in [0.05, 0.1) is 0 Å². The Morgan fingerprint density at radius 2 is 1.73 bits per heavy atom. The van der Waals surface area contributed by atoms with Crippen LogP contribution in [-0.2, 0) is 0 Å². The maximum atomic E-state index is 5.44. The predicted octanol–water partition coefficient (Wildman–Crippen LogP) is 3.03. The number of thioether (sulfide) groups is 1. The summed E-state index contributed by atoms with van der Waals surface area (Å²) in [7, 11) is 0. The van der Waals surface area contributed by atoms with Gasteiger partial charge in [-0.2, -0.15) is 0 Å². The van der Waals surface area contributed by atoms with Gasteiger partial charge >= 0.3 is 29.6 Å². The zero-order valence-electron chi connectivity index (χ0n) is 9.29. The van der Waals surface area contributed by atoms with Gasteiger partial charge in [0.1, 0.15) is 4.32 Å². The molecule has 1 saturated carbocycles. The van der Waals surface area contributed by atoms with E-state index in [1.807, 2.05) is 11.8 Å². The SMILES string of the molecule is CCN(CC)C(=S)SC1CCCCC1.[NaH]. The number of thiocarbonyl (C=S) groups is 1. The van der Waals surface area contributed by atoms with Gasteiger partial charge in [-0.15, -0.1) is 0 Å². The maximum absolute atomic E-state index is 5.44. The second-order valence-corrected chi connectivity index (χ2v) is 5.75. The summed E-state index contributed by atoms with van der Waals surface area (Å²) in [4.78, 5) is 2.29. The number of hydrogen-bond acceptors (Lipinski definition) is 2. The van der Waals surface area contributed by atoms with Crippen LogP contribution in [0.15, 0.2) is 0 Å². The summed E-state index contributed by atoms with van der Waals surface area (Å²) in [6.07, 6.45) is 6.96. The van der Waals surface area contributed by atoms with Crippen molar-refractivity contribution in [2.45, 2.75) is 51.2 Å². The average Bonchev–Trinajstić information content (AvgIpc) is 2.21. The van der Waals surface area contributed by atoms with Gasteiger partial charge in [-0.1, -0.05) is 43.2 Å². The van der Waals surface area contributed by atoms with E-state index in [2.05, 4.69) is 18.7 Å². The molecule has 15 heavy (non-hydrogen) atoms. The summed E-state index contributed by atoms with van der Waals surface area (Å²) in [5, 5.41) is 0.803. The molecule has 1 fully saturated rings. The molecule has 0 heterocycles. The third-order valence-electron chi connectivity index (χ3n) is 2.84. The Bertz CT molecular complexity index is 177. The van der Waals surface area contributed by atoms with Gasteiger partial charge < -0.3 is 4.90 Å². The fourth-order valence-electron chi connectivity index (χ4n) is 1.88. The average molecular weight is 255 g/mol. The molecule has 0 N–H and O–H groups in total. The van der Waals surface area contributed by atoms with Crippen molar-refractivity contribution in [3.63, 3.8) is 0 Å². The summed E-state index contributed by atoms with van der Waals surface area (Å²) in [5.74, 6) is 0. The summed E-state index contributed by atoms with van der Waals surface area (Å²) in [6, 6.07) is 0. The first-order valence-corrected chi connectivity index (χ1v) is 7.02. The molecule has 1 aliphatic rings. The van der Waals surface area contributed by atoms with Crippen molar-refractivity contribution >= 4 is 57.9 Å². The van der Waals surface area contributed by atoms with Crippen molar-refractivity contribution in [2.24, 2.45) is 0 Å². The van der Waals surface area contributed by atoms with Crippen molar-refractivity contribution in [1.29, 1.82) is 0 Å². The number of hydrogen-bond donors (Lipinski definition) is 0. The second-order valence-electron chi connectivity index (χ2n) is 3.82. The topological polar surface area (TPSA) is 3.24 Å². The standard InChI is InChI=1S/C11H21NS2.Na.H/c1-3-12(4-2)11(13)14-10-8-6-5-7-9-10;;/h10H,3-9H2,1-2H3;;. The third-order valence-corrected chi connectivity index (χ3v) is 4.65. The number of nitrogens with zero attached hydrogens (tertiary/aromatic N) is 1. The molecule has 1 aliphatic carbocycles. The minimum atomic E-state index is 0. The van der Waals surface area contributed by atoms with Crippen LogP contribution in [-0.4, -0.2) is 57.1 Å². The van der Waals surface area contributed by atoms with Crippen LogP contribution in [0.25, 0.3) is 0 Å². The monoisotopic (exact) mass is 255 g/mol. The molecule has 0 aliphatic heterocycles. The van der Waals surface area contributed by atoms with Gasteiger partial charge in [-0.25, -0.2) is 0 Å². The van der Waals surface area contributed by atoms with Crippen LogP contribution in [0.3, 0.4) is 0 Å². The molecule has 0 aromatic heterocycles. The zero-order valence-corrected chi connectivity index (χ0v) is 10.9. The van der Waals surface area contributed by atoms with Gasteiger partial charge in [-0.3, -0.25) is 0 Å². The Balaban J connectivity index is 0.00000196. The van der Waals surface area contributed by atoms with E-state index < -0.39 is 0 Å². The molecule has 0 amide bonds. The molecule has 1 rings (SSSR count). The molecule has 0 radical (unpaired) electrons. The van der Waals surface area contributed by atoms with E-state index in [9.17, 15) is 0 Å². The van der Waals surface area contributed by atoms with Crippen LogP contribution in [0.2, 0.25) is 0 Å². The third kappa shape index (κ3) is 5.92. The van der Waals surface area contributed by atoms with Crippen LogP contribution < -0.4 is 0 Å². The molecule has 0 bridgehead atoms. The molecule has 0 spiro atoms. The van der Waals surface area contributed by atoms with E-state index in [1.54, 1.807) is 0 Å². The molecule has 84 valence electrons. The van der Waals surface area contributed by atoms with E-state index in [0.29, 0.717) is 0 Å². The molecular weight excluding hydrogens is 233 g/mol. The first kappa shape index (κ1) is 16.2. The predicted molar refractivity (Wildman–Crippen MR) is 77.1 cm³/mol. The van der Waals surface area contributed by atoms with E-state index in [4.69, 9.17) is 12.2 Å². The van der Waals surface area contributed by atoms with Gasteiger partial charge in [0.15, 0.2) is 0 Å². The molecule has 4 heteroatoms. The summed E-state index contributed by atoms with van der Waals surface area (Å²) in [6.45, 7) is 6.46. The first-order valence-electron chi connectivity index (χ1n) is 5.73. The van der Waals surface area contributed by atoms with Crippen molar-refractivity contribution in [3.8, 4) is 0 Å². The van der Waals surface area contributed by atoms with Crippen LogP contribution in [0.5, 0.6) is 0 Å². The van der Waals surface area contributed by atoms with Crippen LogP contribution in [0, 0.1) is 0 Å². The van der Waals surface area contributed by atoms with E-state index in [1.165, 1.54) is 32.1 Å². The van der Waals surface area contributed by atoms with Crippen molar-refractivity contribution in [1.82, 2.24) is 4.90 Å². The second kappa shape index (κ2) is 9.29. The van der Waals surface area contributed by atoms with Crippen molar-refractivity contribution < 1.29 is 0 Å². The molecule has 1 nitrogen and oxygen atoms in total. The van der Waals surface area contributed by atoms with Crippen LogP contribution in [0.4, 0.5) is 0 Å².